The molecular formula is C13H17N3O3. The fraction of sp³-hybridized carbons (Fsp3) is 0.462. The molecule has 0 spiro atoms. The van der Waals surface area contributed by atoms with E-state index in [1.165, 1.54) is 18.3 Å². The van der Waals surface area contributed by atoms with Gasteiger partial charge in [-0.2, -0.15) is 0 Å². The number of hydrogen-bond donors (Lipinski definition) is 3. The third-order valence-corrected chi connectivity index (χ3v) is 3.44. The predicted octanol–water partition coefficient (Wildman–Crippen LogP) is 0.667. The first-order valence-corrected chi connectivity index (χ1v) is 6.27. The van der Waals surface area contributed by atoms with Crippen molar-refractivity contribution >= 4 is 11.9 Å². The van der Waals surface area contributed by atoms with E-state index < -0.39 is 11.5 Å². The summed E-state index contributed by atoms with van der Waals surface area (Å²) in [5, 5.41) is 11.6. The van der Waals surface area contributed by atoms with Crippen LogP contribution in [0.15, 0.2) is 18.3 Å². The first-order chi connectivity index (χ1) is 9.01. The van der Waals surface area contributed by atoms with Crippen LogP contribution in [0.4, 0.5) is 0 Å². The zero-order chi connectivity index (χ0) is 13.9. The van der Waals surface area contributed by atoms with E-state index in [0.29, 0.717) is 18.5 Å². The number of aromatic carboxylic acids is 1. The van der Waals surface area contributed by atoms with E-state index in [9.17, 15) is 9.59 Å². The fourth-order valence-corrected chi connectivity index (χ4v) is 2.29. The Morgan fingerprint density at radius 1 is 1.42 bits per heavy atom. The smallest absolute Gasteiger partial charge is 0.335 e. The van der Waals surface area contributed by atoms with Crippen molar-refractivity contribution in [3.8, 4) is 0 Å². The molecule has 1 aromatic rings. The van der Waals surface area contributed by atoms with Crippen LogP contribution in [0.3, 0.4) is 0 Å². The van der Waals surface area contributed by atoms with Crippen molar-refractivity contribution in [3.63, 3.8) is 0 Å². The molecule has 1 amide bonds. The zero-order valence-corrected chi connectivity index (χ0v) is 10.6. The SMILES string of the molecule is NC1(C(=O)NCc2cc(C(=O)O)ccn2)CCCC1. The Labute approximate surface area is 111 Å². The Kier molecular flexibility index (Phi) is 3.80. The second-order valence-electron chi connectivity index (χ2n) is 4.89. The molecule has 19 heavy (non-hydrogen) atoms. The highest BCUT2D eigenvalue weighted by atomic mass is 16.4. The molecule has 1 aromatic heterocycles. The van der Waals surface area contributed by atoms with Gasteiger partial charge in [0.15, 0.2) is 0 Å². The molecule has 6 nitrogen and oxygen atoms in total. The topological polar surface area (TPSA) is 105 Å². The first kappa shape index (κ1) is 13.5. The van der Waals surface area contributed by atoms with Crippen LogP contribution >= 0.6 is 0 Å². The molecule has 0 saturated heterocycles. The van der Waals surface area contributed by atoms with Gasteiger partial charge < -0.3 is 16.2 Å². The summed E-state index contributed by atoms with van der Waals surface area (Å²) in [6.07, 6.45) is 4.74. The maximum Gasteiger partial charge on any atom is 0.335 e. The third kappa shape index (κ3) is 3.08. The first-order valence-electron chi connectivity index (χ1n) is 6.27. The highest BCUT2D eigenvalue weighted by Crippen LogP contribution is 2.27. The second-order valence-corrected chi connectivity index (χ2v) is 4.89. The van der Waals surface area contributed by atoms with Crippen LogP contribution in [0.5, 0.6) is 0 Å². The summed E-state index contributed by atoms with van der Waals surface area (Å²) < 4.78 is 0. The van der Waals surface area contributed by atoms with Crippen molar-refractivity contribution in [3.05, 3.63) is 29.6 Å². The van der Waals surface area contributed by atoms with Gasteiger partial charge in [-0.25, -0.2) is 4.79 Å². The van der Waals surface area contributed by atoms with E-state index in [4.69, 9.17) is 10.8 Å². The van der Waals surface area contributed by atoms with Gasteiger partial charge in [-0.1, -0.05) is 12.8 Å². The summed E-state index contributed by atoms with van der Waals surface area (Å²) in [5.41, 5.74) is 5.91. The molecule has 2 rings (SSSR count). The van der Waals surface area contributed by atoms with Gasteiger partial charge in [0.1, 0.15) is 0 Å². The summed E-state index contributed by atoms with van der Waals surface area (Å²) in [5.74, 6) is -1.20. The predicted molar refractivity (Wildman–Crippen MR) is 68.4 cm³/mol. The molecule has 0 aliphatic heterocycles. The van der Waals surface area contributed by atoms with Gasteiger partial charge in [0, 0.05) is 6.20 Å². The number of carbonyl (C=O) groups is 2. The molecule has 1 heterocycles. The lowest BCUT2D eigenvalue weighted by Gasteiger charge is -2.22. The van der Waals surface area contributed by atoms with E-state index >= 15 is 0 Å². The van der Waals surface area contributed by atoms with Gasteiger partial charge in [-0.05, 0) is 25.0 Å². The molecule has 0 radical (unpaired) electrons. The quantitative estimate of drug-likeness (QED) is 0.740. The Morgan fingerprint density at radius 3 is 2.74 bits per heavy atom. The number of nitrogens with one attached hydrogen (secondary N) is 1. The van der Waals surface area contributed by atoms with E-state index in [0.717, 1.165) is 12.8 Å². The summed E-state index contributed by atoms with van der Waals surface area (Å²) >= 11 is 0. The molecule has 0 aromatic carbocycles. The van der Waals surface area contributed by atoms with Gasteiger partial charge in [0.05, 0.1) is 23.3 Å². The van der Waals surface area contributed by atoms with Crippen molar-refractivity contribution in [1.82, 2.24) is 10.3 Å². The molecule has 0 unspecified atom stereocenters. The Morgan fingerprint density at radius 2 is 2.11 bits per heavy atom. The van der Waals surface area contributed by atoms with E-state index in [-0.39, 0.29) is 18.0 Å². The van der Waals surface area contributed by atoms with E-state index in [1.54, 1.807) is 0 Å². The number of nitrogens with zero attached hydrogens (tertiary/aromatic N) is 1. The average molecular weight is 263 g/mol. The highest BCUT2D eigenvalue weighted by molar-refractivity contribution is 5.88. The van der Waals surface area contributed by atoms with Gasteiger partial charge in [0.25, 0.3) is 0 Å². The lowest BCUT2D eigenvalue weighted by molar-refractivity contribution is -0.126. The number of rotatable bonds is 4. The van der Waals surface area contributed by atoms with Crippen molar-refractivity contribution < 1.29 is 14.7 Å². The summed E-state index contributed by atoms with van der Waals surface area (Å²) in [6.45, 7) is 0.193. The third-order valence-electron chi connectivity index (χ3n) is 3.44. The average Bonchev–Trinajstić information content (AvgIpc) is 2.84. The van der Waals surface area contributed by atoms with E-state index in [1.807, 2.05) is 0 Å². The molecule has 1 fully saturated rings. The Bertz CT molecular complexity index is 496. The standard InChI is InChI=1S/C13H17N3O3/c14-13(4-1-2-5-13)12(19)16-8-10-7-9(11(17)18)3-6-15-10/h3,6-7H,1-2,4-5,8,14H2,(H,16,19)(H,17,18). The maximum absolute atomic E-state index is 12.0. The zero-order valence-electron chi connectivity index (χ0n) is 10.6. The van der Waals surface area contributed by atoms with Crippen LogP contribution in [0.1, 0.15) is 41.7 Å². The molecule has 102 valence electrons. The minimum atomic E-state index is -1.01. The number of carbonyl (C=O) groups excluding carboxylic acids is 1. The van der Waals surface area contributed by atoms with Gasteiger partial charge in [0.2, 0.25) is 5.91 Å². The molecule has 1 aliphatic rings. The Balaban J connectivity index is 1.97. The number of hydrogen-bond acceptors (Lipinski definition) is 4. The number of carboxylic acid groups (broad SMARTS) is 1. The van der Waals surface area contributed by atoms with Crippen LogP contribution in [-0.4, -0.2) is 27.5 Å². The van der Waals surface area contributed by atoms with Crippen LogP contribution in [0.25, 0.3) is 0 Å². The fourth-order valence-electron chi connectivity index (χ4n) is 2.29. The lowest BCUT2D eigenvalue weighted by atomic mass is 9.98. The van der Waals surface area contributed by atoms with Gasteiger partial charge in [-0.3, -0.25) is 9.78 Å². The summed E-state index contributed by atoms with van der Waals surface area (Å²) in [4.78, 5) is 26.8. The van der Waals surface area contributed by atoms with E-state index in [2.05, 4.69) is 10.3 Å². The Hall–Kier alpha value is -1.95. The summed E-state index contributed by atoms with van der Waals surface area (Å²) in [6, 6.07) is 2.86. The van der Waals surface area contributed by atoms with Crippen molar-refractivity contribution in [2.45, 2.75) is 37.8 Å². The molecule has 1 saturated carbocycles. The molecule has 0 bridgehead atoms. The number of carboxylic acids is 1. The molecular weight excluding hydrogens is 246 g/mol. The second kappa shape index (κ2) is 5.36. The monoisotopic (exact) mass is 263 g/mol. The minimum absolute atomic E-state index is 0.155. The molecule has 0 atom stereocenters. The normalized spacial score (nSPS) is 17.1. The number of nitrogens with two attached hydrogens (primary N) is 1. The van der Waals surface area contributed by atoms with Crippen LogP contribution in [0, 0.1) is 0 Å². The van der Waals surface area contributed by atoms with Gasteiger partial charge in [-0.15, -0.1) is 0 Å². The van der Waals surface area contributed by atoms with Crippen molar-refractivity contribution in [2.24, 2.45) is 5.73 Å². The number of aromatic nitrogens is 1. The lowest BCUT2D eigenvalue weighted by Crippen LogP contribution is -2.51. The molecule has 1 aliphatic carbocycles. The molecule has 6 heteroatoms. The largest absolute Gasteiger partial charge is 0.478 e. The summed E-state index contributed by atoms with van der Waals surface area (Å²) in [7, 11) is 0. The van der Waals surface area contributed by atoms with Crippen LogP contribution in [0.2, 0.25) is 0 Å². The molecule has 4 N–H and O–H groups in total. The van der Waals surface area contributed by atoms with Crippen LogP contribution < -0.4 is 11.1 Å². The van der Waals surface area contributed by atoms with Gasteiger partial charge >= 0.3 is 5.97 Å². The van der Waals surface area contributed by atoms with Crippen LogP contribution in [-0.2, 0) is 11.3 Å². The number of amides is 1. The number of pyridine rings is 1. The highest BCUT2D eigenvalue weighted by Gasteiger charge is 2.36. The van der Waals surface area contributed by atoms with Crippen molar-refractivity contribution in [2.75, 3.05) is 0 Å². The van der Waals surface area contributed by atoms with Crippen molar-refractivity contribution in [1.29, 1.82) is 0 Å². The maximum atomic E-state index is 12.0. The minimum Gasteiger partial charge on any atom is -0.478 e.